The Labute approximate surface area is 169 Å². The minimum atomic E-state index is -0.0787. The van der Waals surface area contributed by atoms with Crippen molar-refractivity contribution >= 4 is 41.7 Å². The van der Waals surface area contributed by atoms with E-state index in [-0.39, 0.29) is 30.1 Å². The molecule has 2 saturated heterocycles. The maximum atomic E-state index is 9.55. The fraction of sp³-hybridized carbons (Fsp3) is 0.941. The summed E-state index contributed by atoms with van der Waals surface area (Å²) in [4.78, 5) is 9.72. The number of likely N-dealkylation sites (tertiary alicyclic amines) is 1. The van der Waals surface area contributed by atoms with Gasteiger partial charge in [0, 0.05) is 49.8 Å². The molecule has 0 spiro atoms. The van der Waals surface area contributed by atoms with Crippen LogP contribution in [0.4, 0.5) is 0 Å². The lowest BCUT2D eigenvalue weighted by Crippen LogP contribution is -2.51. The first-order valence-electron chi connectivity index (χ1n) is 9.08. The molecule has 24 heavy (non-hydrogen) atoms. The molecule has 2 heterocycles. The van der Waals surface area contributed by atoms with E-state index in [1.807, 2.05) is 0 Å². The number of aliphatic imine (C=N–C) groups is 1. The predicted molar refractivity (Wildman–Crippen MR) is 116 cm³/mol. The Morgan fingerprint density at radius 2 is 2.00 bits per heavy atom. The van der Waals surface area contributed by atoms with E-state index in [1.54, 1.807) is 0 Å². The van der Waals surface area contributed by atoms with Crippen molar-refractivity contribution in [2.24, 2.45) is 4.99 Å². The van der Waals surface area contributed by atoms with Crippen LogP contribution in [-0.4, -0.2) is 83.3 Å². The van der Waals surface area contributed by atoms with Gasteiger partial charge in [0.1, 0.15) is 0 Å². The van der Waals surface area contributed by atoms with Crippen LogP contribution in [0.3, 0.4) is 0 Å². The van der Waals surface area contributed by atoms with Crippen molar-refractivity contribution in [3.8, 4) is 0 Å². The van der Waals surface area contributed by atoms with Crippen LogP contribution in [0.2, 0.25) is 0 Å². The van der Waals surface area contributed by atoms with Crippen molar-refractivity contribution in [2.45, 2.75) is 50.9 Å². The highest BCUT2D eigenvalue weighted by atomic mass is 127. The number of piperidine rings is 1. The lowest BCUT2D eigenvalue weighted by atomic mass is 10.1. The molecule has 5 nitrogen and oxygen atoms in total. The van der Waals surface area contributed by atoms with Crippen molar-refractivity contribution in [3.05, 3.63) is 0 Å². The highest BCUT2D eigenvalue weighted by molar-refractivity contribution is 14.0. The van der Waals surface area contributed by atoms with E-state index in [1.165, 1.54) is 5.75 Å². The molecule has 0 atom stereocenters. The van der Waals surface area contributed by atoms with Gasteiger partial charge in [0.05, 0.1) is 6.10 Å². The molecular formula is C17H35IN4OS. The molecule has 0 radical (unpaired) electrons. The number of rotatable bonds is 5. The first kappa shape index (κ1) is 22.3. The zero-order valence-corrected chi connectivity index (χ0v) is 18.6. The van der Waals surface area contributed by atoms with Gasteiger partial charge in [-0.3, -0.25) is 4.99 Å². The van der Waals surface area contributed by atoms with Gasteiger partial charge in [-0.15, -0.1) is 24.0 Å². The summed E-state index contributed by atoms with van der Waals surface area (Å²) in [6.07, 6.45) is 2.86. The molecule has 7 heteroatoms. The highest BCUT2D eigenvalue weighted by Crippen LogP contribution is 2.29. The summed E-state index contributed by atoms with van der Waals surface area (Å²) in [5.74, 6) is 2.25. The van der Waals surface area contributed by atoms with Gasteiger partial charge in [-0.05, 0) is 46.6 Å². The third-order valence-corrected chi connectivity index (χ3v) is 5.81. The maximum Gasteiger partial charge on any atom is 0.193 e. The summed E-state index contributed by atoms with van der Waals surface area (Å²) in [5.41, 5.74) is 0. The minimum Gasteiger partial charge on any atom is -0.393 e. The molecule has 2 aliphatic heterocycles. The lowest BCUT2D eigenvalue weighted by Gasteiger charge is -2.39. The third kappa shape index (κ3) is 7.66. The first-order chi connectivity index (χ1) is 11.0. The number of aliphatic hydroxyl groups excluding tert-OH is 1. The molecule has 142 valence electrons. The number of thioether (sulfide) groups is 1. The molecule has 0 amide bonds. The highest BCUT2D eigenvalue weighted by Gasteiger charge is 2.28. The van der Waals surface area contributed by atoms with Gasteiger partial charge >= 0.3 is 0 Å². The Morgan fingerprint density at radius 3 is 2.62 bits per heavy atom. The number of hydrogen-bond donors (Lipinski definition) is 2. The SMILES string of the molecule is CCNC(=NCCCN1CCC(O)CC1)N1CCSC(C)(C)C1.I. The van der Waals surface area contributed by atoms with E-state index >= 15 is 0 Å². The van der Waals surface area contributed by atoms with Crippen LogP contribution in [0, 0.1) is 0 Å². The van der Waals surface area contributed by atoms with Gasteiger partial charge in [0.15, 0.2) is 5.96 Å². The predicted octanol–water partition coefficient (Wildman–Crippen LogP) is 2.24. The molecule has 0 aromatic rings. The van der Waals surface area contributed by atoms with Crippen LogP contribution in [0.5, 0.6) is 0 Å². The second kappa shape index (κ2) is 11.1. The summed E-state index contributed by atoms with van der Waals surface area (Å²) in [6, 6.07) is 0. The quantitative estimate of drug-likeness (QED) is 0.280. The molecule has 2 aliphatic rings. The molecule has 0 saturated carbocycles. The molecule has 0 bridgehead atoms. The Balaban J connectivity index is 0.00000288. The fourth-order valence-electron chi connectivity index (χ4n) is 3.25. The van der Waals surface area contributed by atoms with Gasteiger partial charge in [0.2, 0.25) is 0 Å². The third-order valence-electron chi connectivity index (χ3n) is 4.51. The summed E-state index contributed by atoms with van der Waals surface area (Å²) in [5, 5.41) is 13.0. The van der Waals surface area contributed by atoms with Gasteiger partial charge in [0.25, 0.3) is 0 Å². The second-order valence-corrected chi connectivity index (χ2v) is 8.99. The standard InChI is InChI=1S/C17H34N4OS.HI/c1-4-18-16(21-12-13-23-17(2,3)14-21)19-8-5-9-20-10-6-15(22)7-11-20;/h15,22H,4-14H2,1-3H3,(H,18,19);1H. The Bertz CT molecular complexity index is 387. The molecule has 2 rings (SSSR count). The van der Waals surface area contributed by atoms with Crippen molar-refractivity contribution < 1.29 is 5.11 Å². The van der Waals surface area contributed by atoms with Gasteiger partial charge in [-0.1, -0.05) is 0 Å². The lowest BCUT2D eigenvalue weighted by molar-refractivity contribution is 0.0824. The number of guanidine groups is 1. The molecule has 0 aromatic heterocycles. The summed E-state index contributed by atoms with van der Waals surface area (Å²) in [6.45, 7) is 13.9. The number of nitrogens with one attached hydrogen (secondary N) is 1. The molecule has 2 N–H and O–H groups in total. The fourth-order valence-corrected chi connectivity index (χ4v) is 4.36. The Morgan fingerprint density at radius 1 is 1.29 bits per heavy atom. The number of halogens is 1. The summed E-state index contributed by atoms with van der Waals surface area (Å²) >= 11 is 2.06. The molecule has 0 aromatic carbocycles. The van der Waals surface area contributed by atoms with Crippen LogP contribution in [0.25, 0.3) is 0 Å². The number of hydrogen-bond acceptors (Lipinski definition) is 4. The van der Waals surface area contributed by atoms with Crippen molar-refractivity contribution in [2.75, 3.05) is 51.6 Å². The van der Waals surface area contributed by atoms with Crippen molar-refractivity contribution in [1.29, 1.82) is 0 Å². The molecule has 2 fully saturated rings. The zero-order valence-electron chi connectivity index (χ0n) is 15.5. The van der Waals surface area contributed by atoms with E-state index in [9.17, 15) is 5.11 Å². The van der Waals surface area contributed by atoms with Crippen molar-refractivity contribution in [3.63, 3.8) is 0 Å². The summed E-state index contributed by atoms with van der Waals surface area (Å²) < 4.78 is 0.309. The average molecular weight is 470 g/mol. The zero-order chi connectivity index (χ0) is 16.7. The van der Waals surface area contributed by atoms with E-state index in [0.717, 1.165) is 71.0 Å². The van der Waals surface area contributed by atoms with Crippen LogP contribution in [0.1, 0.15) is 40.0 Å². The molecule has 0 unspecified atom stereocenters. The first-order valence-corrected chi connectivity index (χ1v) is 10.1. The number of aliphatic hydroxyl groups is 1. The molecule has 0 aliphatic carbocycles. The number of nitrogens with zero attached hydrogens (tertiary/aromatic N) is 3. The molecular weight excluding hydrogens is 435 g/mol. The van der Waals surface area contributed by atoms with Crippen LogP contribution in [-0.2, 0) is 0 Å². The van der Waals surface area contributed by atoms with Crippen LogP contribution in [0.15, 0.2) is 4.99 Å². The summed E-state index contributed by atoms with van der Waals surface area (Å²) in [7, 11) is 0. The normalized spacial score (nSPS) is 23.0. The van der Waals surface area contributed by atoms with E-state index < -0.39 is 0 Å². The van der Waals surface area contributed by atoms with Gasteiger partial charge in [-0.25, -0.2) is 0 Å². The Kier molecular flexibility index (Phi) is 10.3. The van der Waals surface area contributed by atoms with Gasteiger partial charge in [-0.2, -0.15) is 11.8 Å². The van der Waals surface area contributed by atoms with E-state index in [4.69, 9.17) is 4.99 Å². The van der Waals surface area contributed by atoms with Crippen LogP contribution >= 0.6 is 35.7 Å². The second-order valence-electron chi connectivity index (χ2n) is 7.19. The van der Waals surface area contributed by atoms with E-state index in [2.05, 4.69) is 47.6 Å². The van der Waals surface area contributed by atoms with E-state index in [0.29, 0.717) is 4.75 Å². The van der Waals surface area contributed by atoms with Crippen molar-refractivity contribution in [1.82, 2.24) is 15.1 Å². The maximum absolute atomic E-state index is 9.55. The van der Waals surface area contributed by atoms with Crippen LogP contribution < -0.4 is 5.32 Å². The smallest absolute Gasteiger partial charge is 0.193 e. The Hall–Kier alpha value is 0.270. The monoisotopic (exact) mass is 470 g/mol. The average Bonchev–Trinajstić information content (AvgIpc) is 2.51. The minimum absolute atomic E-state index is 0. The topological polar surface area (TPSA) is 51.1 Å². The largest absolute Gasteiger partial charge is 0.393 e. The van der Waals surface area contributed by atoms with Gasteiger partial charge < -0.3 is 20.2 Å².